The van der Waals surface area contributed by atoms with Gasteiger partial charge in [-0.15, -0.1) is 0 Å². The fourth-order valence-electron chi connectivity index (χ4n) is 2.46. The number of rotatable bonds is 4. The highest BCUT2D eigenvalue weighted by Gasteiger charge is 2.14. The smallest absolute Gasteiger partial charge is 0.128 e. The highest BCUT2D eigenvalue weighted by molar-refractivity contribution is 5.68. The minimum absolute atomic E-state index is 0.171. The maximum atomic E-state index is 14.0. The van der Waals surface area contributed by atoms with Gasteiger partial charge in [0.05, 0.1) is 5.69 Å². The van der Waals surface area contributed by atoms with Crippen LogP contribution in [-0.4, -0.2) is 16.8 Å². The molecule has 0 bridgehead atoms. The molecule has 102 valence electrons. The summed E-state index contributed by atoms with van der Waals surface area (Å²) in [5.41, 5.74) is 4.65. The zero-order chi connectivity index (χ0) is 14.0. The molecule has 1 aromatic heterocycles. The predicted molar refractivity (Wildman–Crippen MR) is 75.5 cm³/mol. The Hall–Kier alpha value is -1.68. The van der Waals surface area contributed by atoms with Crippen LogP contribution in [0, 0.1) is 19.7 Å². The lowest BCUT2D eigenvalue weighted by atomic mass is 10.0. The number of aromatic nitrogens is 2. The maximum absolute atomic E-state index is 14.0. The Kier molecular flexibility index (Phi) is 4.00. The van der Waals surface area contributed by atoms with Crippen molar-refractivity contribution in [2.75, 3.05) is 7.05 Å². The van der Waals surface area contributed by atoms with Gasteiger partial charge < -0.3 is 5.32 Å². The third-order valence-corrected chi connectivity index (χ3v) is 3.39. The van der Waals surface area contributed by atoms with E-state index in [0.717, 1.165) is 29.1 Å². The molecule has 0 radical (unpaired) electrons. The molecule has 0 aliphatic rings. The van der Waals surface area contributed by atoms with E-state index >= 15 is 0 Å². The van der Waals surface area contributed by atoms with E-state index in [2.05, 4.69) is 17.3 Å². The molecule has 0 unspecified atom stereocenters. The molecule has 2 rings (SSSR count). The second-order valence-electron chi connectivity index (χ2n) is 4.70. The third-order valence-electron chi connectivity index (χ3n) is 3.39. The van der Waals surface area contributed by atoms with Crippen LogP contribution >= 0.6 is 0 Å². The van der Waals surface area contributed by atoms with Crippen LogP contribution in [-0.2, 0) is 13.1 Å². The van der Waals surface area contributed by atoms with Gasteiger partial charge in [0.25, 0.3) is 0 Å². The Bertz CT molecular complexity index is 587. The van der Waals surface area contributed by atoms with E-state index in [1.807, 2.05) is 37.7 Å². The molecule has 2 aromatic rings. The number of hydrogen-bond acceptors (Lipinski definition) is 2. The normalized spacial score (nSPS) is 11.0. The van der Waals surface area contributed by atoms with E-state index < -0.39 is 0 Å². The fourth-order valence-corrected chi connectivity index (χ4v) is 2.46. The van der Waals surface area contributed by atoms with Crippen LogP contribution in [0.5, 0.6) is 0 Å². The van der Waals surface area contributed by atoms with Crippen molar-refractivity contribution < 1.29 is 4.39 Å². The highest BCUT2D eigenvalue weighted by Crippen LogP contribution is 2.28. The van der Waals surface area contributed by atoms with Crippen molar-refractivity contribution in [3.8, 4) is 11.1 Å². The lowest BCUT2D eigenvalue weighted by Gasteiger charge is -2.07. The number of benzene rings is 1. The van der Waals surface area contributed by atoms with Crippen LogP contribution in [0.15, 0.2) is 18.2 Å². The summed E-state index contributed by atoms with van der Waals surface area (Å²) in [7, 11) is 1.81. The van der Waals surface area contributed by atoms with Crippen LogP contribution < -0.4 is 5.32 Å². The van der Waals surface area contributed by atoms with E-state index in [0.29, 0.717) is 12.1 Å². The highest BCUT2D eigenvalue weighted by atomic mass is 19.1. The predicted octanol–water partition coefficient (Wildman–Crippen LogP) is 3.05. The second kappa shape index (κ2) is 5.53. The molecular weight excluding hydrogens is 241 g/mol. The summed E-state index contributed by atoms with van der Waals surface area (Å²) in [6.45, 7) is 7.41. The van der Waals surface area contributed by atoms with Gasteiger partial charge in [0.2, 0.25) is 0 Å². The van der Waals surface area contributed by atoms with Crippen molar-refractivity contribution in [2.45, 2.75) is 33.9 Å². The summed E-state index contributed by atoms with van der Waals surface area (Å²) in [6.07, 6.45) is 0. The molecule has 3 nitrogen and oxygen atoms in total. The quantitative estimate of drug-likeness (QED) is 0.916. The molecule has 19 heavy (non-hydrogen) atoms. The summed E-state index contributed by atoms with van der Waals surface area (Å²) in [5.74, 6) is -0.171. The average molecular weight is 261 g/mol. The van der Waals surface area contributed by atoms with Crippen molar-refractivity contribution >= 4 is 0 Å². The number of hydrogen-bond donors (Lipinski definition) is 1. The van der Waals surface area contributed by atoms with E-state index in [-0.39, 0.29) is 5.82 Å². The molecule has 0 atom stereocenters. The van der Waals surface area contributed by atoms with Crippen molar-refractivity contribution in [2.24, 2.45) is 0 Å². The first kappa shape index (κ1) is 13.7. The number of aryl methyl sites for hydroxylation is 2. The Morgan fingerprint density at radius 2 is 2.05 bits per heavy atom. The van der Waals surface area contributed by atoms with Crippen molar-refractivity contribution in [3.63, 3.8) is 0 Å². The minimum atomic E-state index is -0.171. The molecule has 0 aliphatic heterocycles. The first-order valence-electron chi connectivity index (χ1n) is 6.55. The Labute approximate surface area is 113 Å². The SMILES string of the molecule is CCn1nc(C)c(-c2ccc(CNC)c(F)c2)c1C. The van der Waals surface area contributed by atoms with Gasteiger partial charge in [0.15, 0.2) is 0 Å². The summed E-state index contributed by atoms with van der Waals surface area (Å²) < 4.78 is 16.0. The standard InChI is InChI=1S/C15H20FN3/c1-5-19-11(3)15(10(2)18-19)12-6-7-13(9-17-4)14(16)8-12/h6-8,17H,5,9H2,1-4H3. The van der Waals surface area contributed by atoms with Crippen molar-refractivity contribution in [1.82, 2.24) is 15.1 Å². The molecule has 4 heteroatoms. The summed E-state index contributed by atoms with van der Waals surface area (Å²) in [4.78, 5) is 0. The van der Waals surface area contributed by atoms with Gasteiger partial charge in [-0.2, -0.15) is 5.10 Å². The van der Waals surface area contributed by atoms with Crippen LogP contribution in [0.1, 0.15) is 23.9 Å². The molecule has 0 amide bonds. The van der Waals surface area contributed by atoms with Crippen molar-refractivity contribution in [1.29, 1.82) is 0 Å². The summed E-state index contributed by atoms with van der Waals surface area (Å²) in [5, 5.41) is 7.44. The lowest BCUT2D eigenvalue weighted by molar-refractivity contribution is 0.601. The average Bonchev–Trinajstić information content (AvgIpc) is 2.67. The Morgan fingerprint density at radius 3 is 2.58 bits per heavy atom. The molecule has 1 N–H and O–H groups in total. The summed E-state index contributed by atoms with van der Waals surface area (Å²) in [6, 6.07) is 5.40. The third kappa shape index (κ3) is 2.54. The second-order valence-corrected chi connectivity index (χ2v) is 4.70. The van der Waals surface area contributed by atoms with Crippen molar-refractivity contribution in [3.05, 3.63) is 41.0 Å². The zero-order valence-electron chi connectivity index (χ0n) is 11.9. The molecular formula is C15H20FN3. The minimum Gasteiger partial charge on any atom is -0.316 e. The van der Waals surface area contributed by atoms with Gasteiger partial charge >= 0.3 is 0 Å². The first-order valence-corrected chi connectivity index (χ1v) is 6.55. The van der Waals surface area contributed by atoms with E-state index in [9.17, 15) is 4.39 Å². The summed E-state index contributed by atoms with van der Waals surface area (Å²) >= 11 is 0. The molecule has 1 aromatic carbocycles. The number of nitrogens with zero attached hydrogens (tertiary/aromatic N) is 2. The van der Waals surface area contributed by atoms with Gasteiger partial charge in [0, 0.05) is 29.9 Å². The van der Waals surface area contributed by atoms with Gasteiger partial charge in [0.1, 0.15) is 5.82 Å². The maximum Gasteiger partial charge on any atom is 0.128 e. The van der Waals surface area contributed by atoms with E-state index in [4.69, 9.17) is 0 Å². The molecule has 1 heterocycles. The lowest BCUT2D eigenvalue weighted by Crippen LogP contribution is -2.06. The number of nitrogens with one attached hydrogen (secondary N) is 1. The number of halogens is 1. The zero-order valence-corrected chi connectivity index (χ0v) is 11.9. The monoisotopic (exact) mass is 261 g/mol. The van der Waals surface area contributed by atoms with E-state index in [1.165, 1.54) is 0 Å². The van der Waals surface area contributed by atoms with Gasteiger partial charge in [-0.1, -0.05) is 12.1 Å². The van der Waals surface area contributed by atoms with Crippen LogP contribution in [0.4, 0.5) is 4.39 Å². The first-order chi connectivity index (χ1) is 9.08. The molecule has 0 saturated carbocycles. The van der Waals surface area contributed by atoms with Gasteiger partial charge in [-0.05, 0) is 39.4 Å². The Morgan fingerprint density at radius 1 is 1.32 bits per heavy atom. The molecule has 0 spiro atoms. The largest absolute Gasteiger partial charge is 0.316 e. The van der Waals surface area contributed by atoms with Gasteiger partial charge in [-0.25, -0.2) is 4.39 Å². The topological polar surface area (TPSA) is 29.9 Å². The van der Waals surface area contributed by atoms with E-state index in [1.54, 1.807) is 6.07 Å². The Balaban J connectivity index is 2.48. The molecule has 0 aliphatic carbocycles. The van der Waals surface area contributed by atoms with Crippen LogP contribution in [0.25, 0.3) is 11.1 Å². The molecule has 0 fully saturated rings. The van der Waals surface area contributed by atoms with Crippen LogP contribution in [0.2, 0.25) is 0 Å². The van der Waals surface area contributed by atoms with Crippen LogP contribution in [0.3, 0.4) is 0 Å². The fraction of sp³-hybridized carbons (Fsp3) is 0.400. The van der Waals surface area contributed by atoms with Gasteiger partial charge in [-0.3, -0.25) is 4.68 Å². The molecule has 0 saturated heterocycles.